The molecule has 0 radical (unpaired) electrons. The van der Waals surface area contributed by atoms with E-state index in [0.717, 1.165) is 18.9 Å². The zero-order valence-electron chi connectivity index (χ0n) is 11.2. The molecule has 1 saturated heterocycles. The van der Waals surface area contributed by atoms with Crippen LogP contribution in [0.2, 0.25) is 0 Å². The first-order valence-corrected chi connectivity index (χ1v) is 6.81. The van der Waals surface area contributed by atoms with Gasteiger partial charge in [-0.1, -0.05) is 40.5 Å². The smallest absolute Gasteiger partial charge is 0.161 e. The highest BCUT2D eigenvalue weighted by molar-refractivity contribution is 4.90. The van der Waals surface area contributed by atoms with E-state index in [4.69, 9.17) is 9.47 Å². The maximum atomic E-state index is 6.03. The van der Waals surface area contributed by atoms with Crippen LogP contribution in [0.15, 0.2) is 0 Å². The molecule has 0 aromatic rings. The van der Waals surface area contributed by atoms with Crippen molar-refractivity contribution in [2.45, 2.75) is 65.8 Å². The Labute approximate surface area is 99.7 Å². The molecule has 1 saturated carbocycles. The van der Waals surface area contributed by atoms with Crippen LogP contribution in [0.5, 0.6) is 0 Å². The van der Waals surface area contributed by atoms with Crippen LogP contribution < -0.4 is 0 Å². The molecule has 0 aromatic carbocycles. The van der Waals surface area contributed by atoms with Gasteiger partial charge in [-0.25, -0.2) is 0 Å². The summed E-state index contributed by atoms with van der Waals surface area (Å²) in [6.07, 6.45) is 5.44. The van der Waals surface area contributed by atoms with E-state index in [2.05, 4.69) is 27.7 Å². The van der Waals surface area contributed by atoms with Gasteiger partial charge in [-0.15, -0.1) is 0 Å². The zero-order valence-corrected chi connectivity index (χ0v) is 11.2. The van der Waals surface area contributed by atoms with Crippen molar-refractivity contribution in [2.24, 2.45) is 17.3 Å². The maximum Gasteiger partial charge on any atom is 0.161 e. The lowest BCUT2D eigenvalue weighted by Crippen LogP contribution is -2.42. The Morgan fingerprint density at radius 2 is 2.06 bits per heavy atom. The molecule has 1 aliphatic carbocycles. The van der Waals surface area contributed by atoms with Crippen molar-refractivity contribution in [2.75, 3.05) is 6.61 Å². The first-order valence-electron chi connectivity index (χ1n) is 6.81. The van der Waals surface area contributed by atoms with Crippen molar-refractivity contribution < 1.29 is 9.47 Å². The molecule has 2 aliphatic rings. The SMILES string of the molecule is CCC1COC(C2C(C)CCCC2(C)C)O1. The van der Waals surface area contributed by atoms with Gasteiger partial charge in [0.1, 0.15) is 0 Å². The summed E-state index contributed by atoms with van der Waals surface area (Å²) in [6.45, 7) is 10.1. The molecule has 1 aliphatic heterocycles. The predicted molar refractivity (Wildman–Crippen MR) is 65.2 cm³/mol. The summed E-state index contributed by atoms with van der Waals surface area (Å²) in [5, 5.41) is 0. The normalized spacial score (nSPS) is 43.5. The van der Waals surface area contributed by atoms with Crippen LogP contribution >= 0.6 is 0 Å². The molecule has 4 unspecified atom stereocenters. The number of hydrogen-bond donors (Lipinski definition) is 0. The van der Waals surface area contributed by atoms with Crippen LogP contribution in [0.3, 0.4) is 0 Å². The lowest BCUT2D eigenvalue weighted by Gasteiger charge is -2.45. The standard InChI is InChI=1S/C14H26O2/c1-5-11-9-15-13(16-11)12-10(2)7-6-8-14(12,3)4/h10-13H,5-9H2,1-4H3. The van der Waals surface area contributed by atoms with E-state index < -0.39 is 0 Å². The summed E-state index contributed by atoms with van der Waals surface area (Å²) in [7, 11) is 0. The third-order valence-corrected chi connectivity index (χ3v) is 4.52. The molecule has 16 heavy (non-hydrogen) atoms. The van der Waals surface area contributed by atoms with Gasteiger partial charge in [0.25, 0.3) is 0 Å². The summed E-state index contributed by atoms with van der Waals surface area (Å²) in [5.41, 5.74) is 0.366. The number of ether oxygens (including phenoxy) is 2. The monoisotopic (exact) mass is 226 g/mol. The largest absolute Gasteiger partial charge is 0.350 e. The minimum Gasteiger partial charge on any atom is -0.350 e. The van der Waals surface area contributed by atoms with Gasteiger partial charge in [0.2, 0.25) is 0 Å². The van der Waals surface area contributed by atoms with Crippen molar-refractivity contribution in [1.29, 1.82) is 0 Å². The predicted octanol–water partition coefficient (Wildman–Crippen LogP) is 3.60. The quantitative estimate of drug-likeness (QED) is 0.716. The van der Waals surface area contributed by atoms with Crippen LogP contribution in [0, 0.1) is 17.3 Å². The Hall–Kier alpha value is -0.0800. The molecular formula is C14H26O2. The van der Waals surface area contributed by atoms with Crippen LogP contribution in [-0.4, -0.2) is 19.0 Å². The minimum absolute atomic E-state index is 0.0512. The lowest BCUT2D eigenvalue weighted by molar-refractivity contribution is -0.154. The summed E-state index contributed by atoms with van der Waals surface area (Å²) in [6, 6.07) is 0. The summed E-state index contributed by atoms with van der Waals surface area (Å²) < 4.78 is 11.9. The Morgan fingerprint density at radius 1 is 1.31 bits per heavy atom. The van der Waals surface area contributed by atoms with E-state index in [1.807, 2.05) is 0 Å². The van der Waals surface area contributed by atoms with Crippen molar-refractivity contribution in [3.8, 4) is 0 Å². The zero-order chi connectivity index (χ0) is 11.8. The second-order valence-electron chi connectivity index (χ2n) is 6.25. The van der Waals surface area contributed by atoms with Crippen LogP contribution in [0.1, 0.15) is 53.4 Å². The topological polar surface area (TPSA) is 18.5 Å². The highest BCUT2D eigenvalue weighted by atomic mass is 16.7. The van der Waals surface area contributed by atoms with Crippen molar-refractivity contribution in [3.63, 3.8) is 0 Å². The molecule has 0 aromatic heterocycles. The van der Waals surface area contributed by atoms with E-state index in [1.165, 1.54) is 19.3 Å². The first kappa shape index (κ1) is 12.4. The van der Waals surface area contributed by atoms with Gasteiger partial charge in [-0.3, -0.25) is 0 Å². The second-order valence-corrected chi connectivity index (χ2v) is 6.25. The molecule has 0 spiro atoms. The number of hydrogen-bond acceptors (Lipinski definition) is 2. The molecule has 2 nitrogen and oxygen atoms in total. The van der Waals surface area contributed by atoms with E-state index in [-0.39, 0.29) is 6.29 Å². The minimum atomic E-state index is 0.0512. The molecule has 2 fully saturated rings. The molecule has 4 atom stereocenters. The van der Waals surface area contributed by atoms with E-state index in [1.54, 1.807) is 0 Å². The Kier molecular flexibility index (Phi) is 3.60. The molecule has 2 heteroatoms. The summed E-state index contributed by atoms with van der Waals surface area (Å²) >= 11 is 0. The van der Waals surface area contributed by atoms with Crippen LogP contribution in [0.25, 0.3) is 0 Å². The van der Waals surface area contributed by atoms with Gasteiger partial charge in [0.15, 0.2) is 6.29 Å². The van der Waals surface area contributed by atoms with Crippen molar-refractivity contribution in [3.05, 3.63) is 0 Å². The third kappa shape index (κ3) is 2.28. The molecule has 2 rings (SSSR count). The maximum absolute atomic E-state index is 6.03. The van der Waals surface area contributed by atoms with Gasteiger partial charge < -0.3 is 9.47 Å². The highest BCUT2D eigenvalue weighted by Gasteiger charge is 2.45. The van der Waals surface area contributed by atoms with Gasteiger partial charge in [-0.05, 0) is 24.2 Å². The van der Waals surface area contributed by atoms with E-state index in [0.29, 0.717) is 17.4 Å². The third-order valence-electron chi connectivity index (χ3n) is 4.52. The van der Waals surface area contributed by atoms with Gasteiger partial charge in [-0.2, -0.15) is 0 Å². The molecular weight excluding hydrogens is 200 g/mol. The van der Waals surface area contributed by atoms with Crippen LogP contribution in [-0.2, 0) is 9.47 Å². The molecule has 0 amide bonds. The van der Waals surface area contributed by atoms with E-state index in [9.17, 15) is 0 Å². The molecule has 94 valence electrons. The Bertz CT molecular complexity index is 237. The summed E-state index contributed by atoms with van der Waals surface area (Å²) in [4.78, 5) is 0. The Morgan fingerprint density at radius 3 is 2.62 bits per heavy atom. The van der Waals surface area contributed by atoms with Gasteiger partial charge >= 0.3 is 0 Å². The fourth-order valence-corrected chi connectivity index (χ4v) is 3.51. The second kappa shape index (κ2) is 4.66. The van der Waals surface area contributed by atoms with Gasteiger partial charge in [0, 0.05) is 5.92 Å². The van der Waals surface area contributed by atoms with Gasteiger partial charge in [0.05, 0.1) is 12.7 Å². The van der Waals surface area contributed by atoms with Crippen molar-refractivity contribution in [1.82, 2.24) is 0 Å². The molecule has 0 N–H and O–H groups in total. The summed E-state index contributed by atoms with van der Waals surface area (Å²) in [5.74, 6) is 1.29. The fourth-order valence-electron chi connectivity index (χ4n) is 3.51. The molecule has 1 heterocycles. The first-order chi connectivity index (χ1) is 7.54. The highest BCUT2D eigenvalue weighted by Crippen LogP contribution is 2.47. The van der Waals surface area contributed by atoms with Crippen molar-refractivity contribution >= 4 is 0 Å². The van der Waals surface area contributed by atoms with E-state index >= 15 is 0 Å². The number of rotatable bonds is 2. The Balaban J connectivity index is 2.06. The lowest BCUT2D eigenvalue weighted by atomic mass is 9.64. The molecule has 0 bridgehead atoms. The fraction of sp³-hybridized carbons (Fsp3) is 1.00. The average Bonchev–Trinajstić information content (AvgIpc) is 2.64. The van der Waals surface area contributed by atoms with Crippen LogP contribution in [0.4, 0.5) is 0 Å². The average molecular weight is 226 g/mol.